The van der Waals surface area contributed by atoms with Crippen LogP contribution < -0.4 is 9.64 Å². The molecule has 1 unspecified atom stereocenters. The SMILES string of the molecule is Fc1ccc2ncnc(N3CCC(Oc4ccc(C(F)(F)F)cn4)C3)c2c1. The molecule has 1 fully saturated rings. The Bertz CT molecular complexity index is 962. The molecule has 4 rings (SSSR count). The highest BCUT2D eigenvalue weighted by Crippen LogP contribution is 2.30. The highest BCUT2D eigenvalue weighted by atomic mass is 19.4. The lowest BCUT2D eigenvalue weighted by atomic mass is 10.2. The number of hydrogen-bond acceptors (Lipinski definition) is 5. The molecule has 0 bridgehead atoms. The maximum absolute atomic E-state index is 13.6. The largest absolute Gasteiger partial charge is 0.472 e. The Labute approximate surface area is 151 Å². The highest BCUT2D eigenvalue weighted by molar-refractivity contribution is 5.89. The molecular formula is C18H14F4N4O. The van der Waals surface area contributed by atoms with Gasteiger partial charge >= 0.3 is 6.18 Å². The summed E-state index contributed by atoms with van der Waals surface area (Å²) in [5, 5.41) is 0.603. The number of aromatic nitrogens is 3. The van der Waals surface area contributed by atoms with Crippen LogP contribution in [0.5, 0.6) is 5.88 Å². The smallest absolute Gasteiger partial charge is 0.417 e. The average Bonchev–Trinajstić information content (AvgIpc) is 3.09. The first kappa shape index (κ1) is 17.4. The van der Waals surface area contributed by atoms with Crippen LogP contribution in [0.2, 0.25) is 0 Å². The van der Waals surface area contributed by atoms with Crippen LogP contribution in [0.4, 0.5) is 23.4 Å². The van der Waals surface area contributed by atoms with Gasteiger partial charge in [-0.2, -0.15) is 13.2 Å². The van der Waals surface area contributed by atoms with E-state index in [-0.39, 0.29) is 17.8 Å². The Morgan fingerprint density at radius 2 is 1.93 bits per heavy atom. The molecule has 0 amide bonds. The third kappa shape index (κ3) is 3.62. The molecule has 1 aliphatic rings. The molecule has 0 radical (unpaired) electrons. The fourth-order valence-electron chi connectivity index (χ4n) is 3.07. The molecule has 3 heterocycles. The number of fused-ring (bicyclic) bond motifs is 1. The first-order chi connectivity index (χ1) is 12.9. The number of benzene rings is 1. The zero-order valence-corrected chi connectivity index (χ0v) is 13.9. The monoisotopic (exact) mass is 378 g/mol. The van der Waals surface area contributed by atoms with Crippen molar-refractivity contribution in [3.05, 3.63) is 54.2 Å². The van der Waals surface area contributed by atoms with Crippen LogP contribution in [0.25, 0.3) is 10.9 Å². The van der Waals surface area contributed by atoms with E-state index >= 15 is 0 Å². The van der Waals surface area contributed by atoms with E-state index in [1.165, 1.54) is 24.5 Å². The van der Waals surface area contributed by atoms with E-state index in [1.807, 2.05) is 4.90 Å². The van der Waals surface area contributed by atoms with E-state index in [9.17, 15) is 17.6 Å². The standard InChI is InChI=1S/C18H14F4N4O/c19-12-2-3-15-14(7-12)17(25-10-24-15)26-6-5-13(9-26)27-16-4-1-11(8-23-16)18(20,21)22/h1-4,7-8,10,13H,5-6,9H2. The summed E-state index contributed by atoms with van der Waals surface area (Å²) in [5.74, 6) is 0.360. The fourth-order valence-corrected chi connectivity index (χ4v) is 3.07. The van der Waals surface area contributed by atoms with Crippen molar-refractivity contribution in [1.82, 2.24) is 15.0 Å². The molecule has 1 aliphatic heterocycles. The Hall–Kier alpha value is -2.97. The van der Waals surface area contributed by atoms with Gasteiger partial charge in [-0.05, 0) is 24.3 Å². The molecule has 1 aromatic carbocycles. The van der Waals surface area contributed by atoms with Gasteiger partial charge in [0.1, 0.15) is 24.1 Å². The van der Waals surface area contributed by atoms with Gasteiger partial charge in [0.15, 0.2) is 0 Å². The van der Waals surface area contributed by atoms with Gasteiger partial charge in [-0.25, -0.2) is 19.3 Å². The second-order valence-corrected chi connectivity index (χ2v) is 6.22. The summed E-state index contributed by atoms with van der Waals surface area (Å²) < 4.78 is 57.1. The van der Waals surface area contributed by atoms with Crippen molar-refractivity contribution in [1.29, 1.82) is 0 Å². The number of anilines is 1. The zero-order chi connectivity index (χ0) is 19.0. The minimum Gasteiger partial charge on any atom is -0.472 e. The van der Waals surface area contributed by atoms with Crippen LogP contribution in [0.1, 0.15) is 12.0 Å². The Balaban J connectivity index is 1.49. The predicted molar refractivity (Wildman–Crippen MR) is 90.0 cm³/mol. The summed E-state index contributed by atoms with van der Waals surface area (Å²) in [4.78, 5) is 14.1. The molecule has 3 aromatic rings. The maximum Gasteiger partial charge on any atom is 0.417 e. The van der Waals surface area contributed by atoms with E-state index in [1.54, 1.807) is 6.07 Å². The Morgan fingerprint density at radius 1 is 1.07 bits per heavy atom. The van der Waals surface area contributed by atoms with Crippen molar-refractivity contribution >= 4 is 16.7 Å². The van der Waals surface area contributed by atoms with Crippen LogP contribution in [-0.4, -0.2) is 34.1 Å². The molecule has 2 aromatic heterocycles. The lowest BCUT2D eigenvalue weighted by molar-refractivity contribution is -0.137. The zero-order valence-electron chi connectivity index (χ0n) is 13.9. The van der Waals surface area contributed by atoms with Crippen molar-refractivity contribution in [3.8, 4) is 5.88 Å². The summed E-state index contributed by atoms with van der Waals surface area (Å²) in [5.41, 5.74) is -0.187. The van der Waals surface area contributed by atoms with Gasteiger partial charge in [0.25, 0.3) is 0 Å². The highest BCUT2D eigenvalue weighted by Gasteiger charge is 2.31. The topological polar surface area (TPSA) is 51.1 Å². The second kappa shape index (κ2) is 6.64. The molecule has 0 spiro atoms. The lowest BCUT2D eigenvalue weighted by Gasteiger charge is -2.19. The first-order valence-electron chi connectivity index (χ1n) is 8.25. The van der Waals surface area contributed by atoms with E-state index < -0.39 is 11.7 Å². The van der Waals surface area contributed by atoms with Gasteiger partial charge in [-0.1, -0.05) is 0 Å². The first-order valence-corrected chi connectivity index (χ1v) is 8.25. The molecular weight excluding hydrogens is 364 g/mol. The maximum atomic E-state index is 13.6. The average molecular weight is 378 g/mol. The second-order valence-electron chi connectivity index (χ2n) is 6.22. The fraction of sp³-hybridized carbons (Fsp3) is 0.278. The van der Waals surface area contributed by atoms with E-state index in [4.69, 9.17) is 4.74 Å². The number of ether oxygens (including phenoxy) is 1. The molecule has 1 atom stereocenters. The van der Waals surface area contributed by atoms with Crippen molar-refractivity contribution in [2.24, 2.45) is 0 Å². The van der Waals surface area contributed by atoms with Gasteiger partial charge in [-0.3, -0.25) is 0 Å². The molecule has 0 saturated carbocycles. The van der Waals surface area contributed by atoms with Crippen molar-refractivity contribution in [2.75, 3.05) is 18.0 Å². The third-order valence-corrected chi connectivity index (χ3v) is 4.37. The van der Waals surface area contributed by atoms with E-state index in [0.717, 1.165) is 12.3 Å². The predicted octanol–water partition coefficient (Wildman–Crippen LogP) is 3.84. The lowest BCUT2D eigenvalue weighted by Crippen LogP contribution is -2.25. The van der Waals surface area contributed by atoms with Gasteiger partial charge in [0.2, 0.25) is 5.88 Å². The van der Waals surface area contributed by atoms with Crippen molar-refractivity contribution in [3.63, 3.8) is 0 Å². The summed E-state index contributed by atoms with van der Waals surface area (Å²) in [6.45, 7) is 1.08. The van der Waals surface area contributed by atoms with Crippen LogP contribution in [0.15, 0.2) is 42.9 Å². The summed E-state index contributed by atoms with van der Waals surface area (Å²) in [6, 6.07) is 6.46. The third-order valence-electron chi connectivity index (χ3n) is 4.37. The van der Waals surface area contributed by atoms with Crippen LogP contribution in [0.3, 0.4) is 0 Å². The summed E-state index contributed by atoms with van der Waals surface area (Å²) >= 11 is 0. The molecule has 0 N–H and O–H groups in total. The molecule has 27 heavy (non-hydrogen) atoms. The van der Waals surface area contributed by atoms with Gasteiger partial charge in [0.05, 0.1) is 17.6 Å². The number of alkyl halides is 3. The van der Waals surface area contributed by atoms with Crippen molar-refractivity contribution < 1.29 is 22.3 Å². The Kier molecular flexibility index (Phi) is 4.29. The van der Waals surface area contributed by atoms with Crippen LogP contribution >= 0.6 is 0 Å². The minimum absolute atomic E-state index is 0.133. The number of hydrogen-bond donors (Lipinski definition) is 0. The number of rotatable bonds is 3. The molecule has 140 valence electrons. The normalized spacial score (nSPS) is 17.5. The van der Waals surface area contributed by atoms with Gasteiger partial charge < -0.3 is 9.64 Å². The van der Waals surface area contributed by atoms with Crippen molar-refractivity contribution in [2.45, 2.75) is 18.7 Å². The minimum atomic E-state index is -4.43. The van der Waals surface area contributed by atoms with E-state index in [2.05, 4.69) is 15.0 Å². The van der Waals surface area contributed by atoms with Gasteiger partial charge in [-0.15, -0.1) is 0 Å². The van der Waals surface area contributed by atoms with Crippen LogP contribution in [0, 0.1) is 5.82 Å². The van der Waals surface area contributed by atoms with Gasteiger partial charge in [0, 0.05) is 30.6 Å². The van der Waals surface area contributed by atoms with Crippen LogP contribution in [-0.2, 0) is 6.18 Å². The quantitative estimate of drug-likeness (QED) is 0.648. The summed E-state index contributed by atoms with van der Waals surface area (Å²) in [6.07, 6.45) is -1.88. The number of pyridine rings is 1. The number of nitrogens with zero attached hydrogens (tertiary/aromatic N) is 4. The molecule has 9 heteroatoms. The number of halogens is 4. The molecule has 5 nitrogen and oxygen atoms in total. The summed E-state index contributed by atoms with van der Waals surface area (Å²) in [7, 11) is 0. The Morgan fingerprint density at radius 3 is 2.67 bits per heavy atom. The van der Waals surface area contributed by atoms with E-state index in [0.29, 0.717) is 36.2 Å². The molecule has 1 saturated heterocycles. The molecule has 0 aliphatic carbocycles.